The summed E-state index contributed by atoms with van der Waals surface area (Å²) in [5.41, 5.74) is 1.70. The van der Waals surface area contributed by atoms with Crippen molar-refractivity contribution >= 4 is 11.0 Å². The van der Waals surface area contributed by atoms with Gasteiger partial charge in [0.05, 0.1) is 0 Å². The lowest BCUT2D eigenvalue weighted by Crippen LogP contribution is -1.99. The topological polar surface area (TPSA) is 52.3 Å². The minimum Gasteiger partial charge on any atom is -0.489 e. The number of nitrogens with zero attached hydrogens (tertiary/aromatic N) is 1. The highest BCUT2D eigenvalue weighted by molar-refractivity contribution is 5.81. The van der Waals surface area contributed by atoms with Gasteiger partial charge in [0.15, 0.2) is 0 Å². The minimum atomic E-state index is -0.526. The second-order valence-corrected chi connectivity index (χ2v) is 4.68. The maximum atomic E-state index is 12.7. The quantitative estimate of drug-likeness (QED) is 0.547. The average molecular weight is 285 g/mol. The van der Waals surface area contributed by atoms with E-state index in [4.69, 9.17) is 9.15 Å². The largest absolute Gasteiger partial charge is 0.489 e. The third kappa shape index (κ3) is 2.91. The highest BCUT2D eigenvalue weighted by atomic mass is 19.1. The van der Waals surface area contributed by atoms with Gasteiger partial charge in [0.2, 0.25) is 5.95 Å². The Hall–Kier alpha value is -2.69. The van der Waals surface area contributed by atoms with Crippen molar-refractivity contribution < 1.29 is 13.5 Å². The first-order chi connectivity index (χ1) is 10.1. The van der Waals surface area contributed by atoms with Gasteiger partial charge in [-0.25, -0.2) is 9.78 Å². The Morgan fingerprint density at radius 2 is 2.10 bits per heavy atom. The van der Waals surface area contributed by atoms with Gasteiger partial charge < -0.3 is 9.15 Å². The minimum absolute atomic E-state index is 0.259. The van der Waals surface area contributed by atoms with Crippen LogP contribution < -0.4 is 10.4 Å². The van der Waals surface area contributed by atoms with Gasteiger partial charge in [-0.1, -0.05) is 0 Å². The van der Waals surface area contributed by atoms with E-state index in [1.54, 1.807) is 18.2 Å². The molecule has 0 amide bonds. The van der Waals surface area contributed by atoms with Gasteiger partial charge in [-0.3, -0.25) is 0 Å². The predicted molar refractivity (Wildman–Crippen MR) is 75.7 cm³/mol. The fraction of sp³-hybridized carbons (Fsp3) is 0.125. The third-order valence-electron chi connectivity index (χ3n) is 3.12. The highest BCUT2D eigenvalue weighted by Crippen LogP contribution is 2.22. The Bertz CT molecular complexity index is 840. The van der Waals surface area contributed by atoms with Gasteiger partial charge in [-0.2, -0.15) is 4.39 Å². The Balaban J connectivity index is 1.84. The van der Waals surface area contributed by atoms with Crippen LogP contribution in [0.4, 0.5) is 4.39 Å². The number of pyridine rings is 1. The lowest BCUT2D eigenvalue weighted by molar-refractivity contribution is 0.305. The van der Waals surface area contributed by atoms with Gasteiger partial charge >= 0.3 is 5.63 Å². The van der Waals surface area contributed by atoms with Crippen molar-refractivity contribution in [3.05, 3.63) is 70.1 Å². The van der Waals surface area contributed by atoms with Crippen molar-refractivity contribution in [3.8, 4) is 5.75 Å². The van der Waals surface area contributed by atoms with Crippen LogP contribution >= 0.6 is 0 Å². The van der Waals surface area contributed by atoms with Crippen LogP contribution in [0, 0.1) is 12.9 Å². The van der Waals surface area contributed by atoms with Crippen LogP contribution in [-0.2, 0) is 6.61 Å². The van der Waals surface area contributed by atoms with E-state index in [1.807, 2.05) is 13.0 Å². The van der Waals surface area contributed by atoms with Crippen molar-refractivity contribution in [2.45, 2.75) is 13.5 Å². The molecule has 2 heterocycles. The third-order valence-corrected chi connectivity index (χ3v) is 3.12. The molecule has 3 aromatic rings. The highest BCUT2D eigenvalue weighted by Gasteiger charge is 2.04. The van der Waals surface area contributed by atoms with Crippen LogP contribution in [0.15, 0.2) is 51.8 Å². The molecule has 0 saturated heterocycles. The summed E-state index contributed by atoms with van der Waals surface area (Å²) < 4.78 is 23.5. The zero-order valence-electron chi connectivity index (χ0n) is 11.3. The summed E-state index contributed by atoms with van der Waals surface area (Å²) in [6, 6.07) is 9.64. The molecule has 0 bridgehead atoms. The number of halogens is 1. The summed E-state index contributed by atoms with van der Waals surface area (Å²) >= 11 is 0. The number of benzene rings is 1. The molecule has 0 N–H and O–H groups in total. The molecular formula is C16H12FNO3. The van der Waals surface area contributed by atoms with Crippen molar-refractivity contribution in [1.29, 1.82) is 0 Å². The first kappa shape index (κ1) is 13.3. The fourth-order valence-corrected chi connectivity index (χ4v) is 2.05. The summed E-state index contributed by atoms with van der Waals surface area (Å²) in [5.74, 6) is 0.0438. The molecule has 0 unspecified atom stereocenters. The van der Waals surface area contributed by atoms with Crippen LogP contribution in [-0.4, -0.2) is 4.98 Å². The van der Waals surface area contributed by atoms with Crippen molar-refractivity contribution in [3.63, 3.8) is 0 Å². The molecule has 4 nitrogen and oxygen atoms in total. The summed E-state index contributed by atoms with van der Waals surface area (Å²) in [7, 11) is 0. The van der Waals surface area contributed by atoms with Crippen LogP contribution in [0.5, 0.6) is 5.75 Å². The molecule has 0 aliphatic carbocycles. The average Bonchev–Trinajstić information content (AvgIpc) is 2.46. The number of aryl methyl sites for hydroxylation is 1. The summed E-state index contributed by atoms with van der Waals surface area (Å²) in [5, 5.41) is 0.866. The van der Waals surface area contributed by atoms with Crippen LogP contribution in [0.1, 0.15) is 11.1 Å². The predicted octanol–water partition coefficient (Wildman–Crippen LogP) is 3.21. The SMILES string of the molecule is Cc1cc(=O)oc2cc(OCc3ccc(F)nc3)ccc12. The number of ether oxygens (including phenoxy) is 1. The molecule has 0 fully saturated rings. The van der Waals surface area contributed by atoms with Gasteiger partial charge in [0, 0.05) is 29.3 Å². The van der Waals surface area contributed by atoms with E-state index in [9.17, 15) is 9.18 Å². The molecule has 0 radical (unpaired) electrons. The number of hydrogen-bond donors (Lipinski definition) is 0. The zero-order valence-corrected chi connectivity index (χ0v) is 11.3. The van der Waals surface area contributed by atoms with Gasteiger partial charge in [-0.15, -0.1) is 0 Å². The molecule has 2 aromatic heterocycles. The molecule has 0 atom stereocenters. The number of hydrogen-bond acceptors (Lipinski definition) is 4. The Kier molecular flexibility index (Phi) is 3.39. The van der Waals surface area contributed by atoms with Crippen molar-refractivity contribution in [2.24, 2.45) is 0 Å². The van der Waals surface area contributed by atoms with E-state index in [0.29, 0.717) is 11.3 Å². The van der Waals surface area contributed by atoms with Gasteiger partial charge in [0.25, 0.3) is 0 Å². The van der Waals surface area contributed by atoms with Crippen LogP contribution in [0.2, 0.25) is 0 Å². The van der Waals surface area contributed by atoms with E-state index >= 15 is 0 Å². The lowest BCUT2D eigenvalue weighted by atomic mass is 10.1. The molecule has 106 valence electrons. The molecule has 21 heavy (non-hydrogen) atoms. The maximum absolute atomic E-state index is 12.7. The van der Waals surface area contributed by atoms with Gasteiger partial charge in [-0.05, 0) is 36.8 Å². The smallest absolute Gasteiger partial charge is 0.336 e. The molecule has 3 rings (SSSR count). The fourth-order valence-electron chi connectivity index (χ4n) is 2.05. The van der Waals surface area contributed by atoms with E-state index in [2.05, 4.69) is 4.98 Å². The molecular weight excluding hydrogens is 273 g/mol. The molecule has 0 aliphatic rings. The molecule has 0 saturated carbocycles. The molecule has 0 spiro atoms. The normalized spacial score (nSPS) is 10.8. The van der Waals surface area contributed by atoms with E-state index in [0.717, 1.165) is 16.5 Å². The maximum Gasteiger partial charge on any atom is 0.336 e. The van der Waals surface area contributed by atoms with Crippen LogP contribution in [0.3, 0.4) is 0 Å². The summed E-state index contributed by atoms with van der Waals surface area (Å²) in [6.45, 7) is 2.11. The second-order valence-electron chi connectivity index (χ2n) is 4.68. The van der Waals surface area contributed by atoms with Gasteiger partial charge in [0.1, 0.15) is 17.9 Å². The van der Waals surface area contributed by atoms with Crippen molar-refractivity contribution in [2.75, 3.05) is 0 Å². The first-order valence-electron chi connectivity index (χ1n) is 6.39. The molecule has 1 aromatic carbocycles. The Morgan fingerprint density at radius 1 is 1.24 bits per heavy atom. The standard InChI is InChI=1S/C16H12FNO3/c1-10-6-16(19)21-14-7-12(3-4-13(10)14)20-9-11-2-5-15(17)18-8-11/h2-8H,9H2,1H3. The number of rotatable bonds is 3. The summed E-state index contributed by atoms with van der Waals surface area (Å²) in [4.78, 5) is 14.9. The number of aromatic nitrogens is 1. The van der Waals surface area contributed by atoms with E-state index in [1.165, 1.54) is 18.3 Å². The first-order valence-corrected chi connectivity index (χ1v) is 6.39. The monoisotopic (exact) mass is 285 g/mol. The Labute approximate surface area is 119 Å². The van der Waals surface area contributed by atoms with Crippen LogP contribution in [0.25, 0.3) is 11.0 Å². The number of fused-ring (bicyclic) bond motifs is 1. The van der Waals surface area contributed by atoms with Crippen molar-refractivity contribution in [1.82, 2.24) is 4.98 Å². The summed E-state index contributed by atoms with van der Waals surface area (Å²) in [6.07, 6.45) is 1.42. The molecule has 0 aliphatic heterocycles. The molecule has 5 heteroatoms. The lowest BCUT2D eigenvalue weighted by Gasteiger charge is -2.07. The van der Waals surface area contributed by atoms with E-state index in [-0.39, 0.29) is 12.2 Å². The second kappa shape index (κ2) is 5.36. The zero-order chi connectivity index (χ0) is 14.8. The Morgan fingerprint density at radius 3 is 2.86 bits per heavy atom. The van der Waals surface area contributed by atoms with E-state index < -0.39 is 5.95 Å².